The Morgan fingerprint density at radius 3 is 2.29 bits per heavy atom. The third kappa shape index (κ3) is 6.21. The molecule has 1 aliphatic carbocycles. The van der Waals surface area contributed by atoms with Crippen molar-refractivity contribution in [2.24, 2.45) is 0 Å². The average Bonchev–Trinajstić information content (AvgIpc) is 2.34. The second kappa shape index (κ2) is 8.68. The van der Waals surface area contributed by atoms with E-state index in [0.29, 0.717) is 11.8 Å². The number of carbonyl (C=O) groups excluding carboxylic acids is 1. The molecule has 0 spiro atoms. The largest absolute Gasteiger partial charge is 0.303 e. The fourth-order valence-corrected chi connectivity index (χ4v) is 2.69. The van der Waals surface area contributed by atoms with Gasteiger partial charge in [-0.2, -0.15) is 0 Å². The van der Waals surface area contributed by atoms with Crippen molar-refractivity contribution in [1.82, 2.24) is 4.90 Å². The Morgan fingerprint density at radius 2 is 1.65 bits per heavy atom. The number of ketones is 1. The van der Waals surface area contributed by atoms with Crippen LogP contribution in [-0.2, 0) is 4.79 Å². The molecule has 0 aromatic carbocycles. The van der Waals surface area contributed by atoms with Gasteiger partial charge < -0.3 is 4.90 Å². The molecule has 1 rings (SSSR count). The van der Waals surface area contributed by atoms with Crippen LogP contribution in [0.2, 0.25) is 0 Å². The molecular weight excluding hydrogens is 210 g/mol. The highest BCUT2D eigenvalue weighted by Crippen LogP contribution is 2.19. The number of rotatable bonds is 8. The first-order valence-corrected chi connectivity index (χ1v) is 7.46. The number of unbranched alkanes of at least 4 members (excludes halogenated alkanes) is 5. The molecule has 2 heteroatoms. The molecule has 0 amide bonds. The standard InChI is InChI=1S/C15H29NO/c1-3-4-5-6-7-8-13-16(2)14-9-11-15(17)12-10-14/h14H,3-13H2,1-2H3. The number of hydrogen-bond acceptors (Lipinski definition) is 2. The molecule has 0 bridgehead atoms. The van der Waals surface area contributed by atoms with Gasteiger partial charge in [0.05, 0.1) is 0 Å². The second-order valence-electron chi connectivity index (χ2n) is 5.52. The maximum absolute atomic E-state index is 11.2. The van der Waals surface area contributed by atoms with Gasteiger partial charge in [0.25, 0.3) is 0 Å². The number of carbonyl (C=O) groups is 1. The van der Waals surface area contributed by atoms with E-state index in [1.165, 1.54) is 45.1 Å². The summed E-state index contributed by atoms with van der Waals surface area (Å²) in [5, 5.41) is 0. The van der Waals surface area contributed by atoms with Crippen LogP contribution in [0.5, 0.6) is 0 Å². The molecule has 0 N–H and O–H groups in total. The maximum atomic E-state index is 11.2. The van der Waals surface area contributed by atoms with Crippen LogP contribution < -0.4 is 0 Å². The zero-order valence-corrected chi connectivity index (χ0v) is 11.7. The zero-order chi connectivity index (χ0) is 12.5. The minimum atomic E-state index is 0.467. The lowest BCUT2D eigenvalue weighted by atomic mass is 9.93. The Labute approximate surface area is 107 Å². The van der Waals surface area contributed by atoms with Gasteiger partial charge in [-0.25, -0.2) is 0 Å². The van der Waals surface area contributed by atoms with Gasteiger partial charge in [0.1, 0.15) is 5.78 Å². The van der Waals surface area contributed by atoms with Crippen LogP contribution in [0.1, 0.15) is 71.1 Å². The van der Waals surface area contributed by atoms with Gasteiger partial charge in [0, 0.05) is 18.9 Å². The van der Waals surface area contributed by atoms with Gasteiger partial charge in [0.2, 0.25) is 0 Å². The van der Waals surface area contributed by atoms with Crippen LogP contribution in [0.25, 0.3) is 0 Å². The van der Waals surface area contributed by atoms with Gasteiger partial charge in [0.15, 0.2) is 0 Å². The second-order valence-corrected chi connectivity index (χ2v) is 5.52. The highest BCUT2D eigenvalue weighted by atomic mass is 16.1. The minimum Gasteiger partial charge on any atom is -0.303 e. The molecule has 1 saturated carbocycles. The van der Waals surface area contributed by atoms with Crippen LogP contribution in [0.4, 0.5) is 0 Å². The Hall–Kier alpha value is -0.370. The Balaban J connectivity index is 2.00. The molecule has 0 aromatic heterocycles. The molecule has 2 nitrogen and oxygen atoms in total. The smallest absolute Gasteiger partial charge is 0.133 e. The fourth-order valence-electron chi connectivity index (χ4n) is 2.69. The summed E-state index contributed by atoms with van der Waals surface area (Å²) in [6.07, 6.45) is 12.0. The number of nitrogens with zero attached hydrogens (tertiary/aromatic N) is 1. The molecule has 0 saturated heterocycles. The van der Waals surface area contributed by atoms with Crippen molar-refractivity contribution in [2.75, 3.05) is 13.6 Å². The SMILES string of the molecule is CCCCCCCCN(C)C1CCC(=O)CC1. The molecule has 100 valence electrons. The van der Waals surface area contributed by atoms with Gasteiger partial charge in [-0.3, -0.25) is 4.79 Å². The molecule has 0 aromatic rings. The predicted octanol–water partition coefficient (Wildman–Crippen LogP) is 3.79. The minimum absolute atomic E-state index is 0.467. The highest BCUT2D eigenvalue weighted by molar-refractivity contribution is 5.79. The van der Waals surface area contributed by atoms with Crippen LogP contribution >= 0.6 is 0 Å². The quantitative estimate of drug-likeness (QED) is 0.601. The number of hydrogen-bond donors (Lipinski definition) is 0. The first kappa shape index (κ1) is 14.7. The summed E-state index contributed by atoms with van der Waals surface area (Å²) >= 11 is 0. The van der Waals surface area contributed by atoms with E-state index in [1.807, 2.05) is 0 Å². The molecule has 0 radical (unpaired) electrons. The summed E-state index contributed by atoms with van der Waals surface area (Å²) in [5.41, 5.74) is 0. The summed E-state index contributed by atoms with van der Waals surface area (Å²) < 4.78 is 0. The van der Waals surface area contributed by atoms with E-state index in [1.54, 1.807) is 0 Å². The monoisotopic (exact) mass is 239 g/mol. The van der Waals surface area contributed by atoms with Gasteiger partial charge >= 0.3 is 0 Å². The summed E-state index contributed by atoms with van der Waals surface area (Å²) in [6.45, 7) is 3.48. The topological polar surface area (TPSA) is 20.3 Å². The van der Waals surface area contributed by atoms with Crippen LogP contribution in [0.3, 0.4) is 0 Å². The molecule has 1 fully saturated rings. The van der Waals surface area contributed by atoms with Crippen molar-refractivity contribution in [1.29, 1.82) is 0 Å². The Bertz CT molecular complexity index is 205. The van der Waals surface area contributed by atoms with E-state index in [-0.39, 0.29) is 0 Å². The third-order valence-corrected chi connectivity index (χ3v) is 4.00. The lowest BCUT2D eigenvalue weighted by Gasteiger charge is -2.30. The summed E-state index contributed by atoms with van der Waals surface area (Å²) in [5.74, 6) is 0.467. The zero-order valence-electron chi connectivity index (χ0n) is 11.7. The van der Waals surface area contributed by atoms with E-state index < -0.39 is 0 Å². The molecule has 0 aliphatic heterocycles. The summed E-state index contributed by atoms with van der Waals surface area (Å²) in [4.78, 5) is 13.7. The lowest BCUT2D eigenvalue weighted by molar-refractivity contribution is -0.121. The van der Waals surface area contributed by atoms with Crippen LogP contribution in [0.15, 0.2) is 0 Å². The molecule has 1 aliphatic rings. The van der Waals surface area contributed by atoms with Gasteiger partial charge in [-0.05, 0) is 32.9 Å². The first-order chi connectivity index (χ1) is 8.24. The molecule has 17 heavy (non-hydrogen) atoms. The van der Waals surface area contributed by atoms with E-state index in [4.69, 9.17) is 0 Å². The predicted molar refractivity (Wildman–Crippen MR) is 73.3 cm³/mol. The van der Waals surface area contributed by atoms with Crippen molar-refractivity contribution < 1.29 is 4.79 Å². The third-order valence-electron chi connectivity index (χ3n) is 4.00. The molecule has 0 heterocycles. The van der Waals surface area contributed by atoms with Crippen molar-refractivity contribution >= 4 is 5.78 Å². The normalized spacial score (nSPS) is 17.9. The summed E-state index contributed by atoms with van der Waals surface area (Å²) in [6, 6.07) is 0.670. The van der Waals surface area contributed by atoms with Crippen LogP contribution in [0, 0.1) is 0 Å². The van der Waals surface area contributed by atoms with Crippen molar-refractivity contribution in [3.63, 3.8) is 0 Å². The first-order valence-electron chi connectivity index (χ1n) is 7.46. The average molecular weight is 239 g/mol. The van der Waals surface area contributed by atoms with Crippen molar-refractivity contribution in [2.45, 2.75) is 77.2 Å². The maximum Gasteiger partial charge on any atom is 0.133 e. The Morgan fingerprint density at radius 1 is 1.06 bits per heavy atom. The lowest BCUT2D eigenvalue weighted by Crippen LogP contribution is -2.35. The van der Waals surface area contributed by atoms with Crippen molar-refractivity contribution in [3.8, 4) is 0 Å². The molecular formula is C15H29NO. The summed E-state index contributed by atoms with van der Waals surface area (Å²) in [7, 11) is 2.23. The van der Waals surface area contributed by atoms with Crippen LogP contribution in [-0.4, -0.2) is 30.3 Å². The Kier molecular flexibility index (Phi) is 7.50. The van der Waals surface area contributed by atoms with E-state index in [9.17, 15) is 4.79 Å². The molecule has 0 atom stereocenters. The van der Waals surface area contributed by atoms with E-state index in [0.717, 1.165) is 25.7 Å². The highest BCUT2D eigenvalue weighted by Gasteiger charge is 2.21. The van der Waals surface area contributed by atoms with E-state index in [2.05, 4.69) is 18.9 Å². The number of Topliss-reactive ketones (excluding diaryl/α,β-unsaturated/α-hetero) is 1. The molecule has 0 unspecified atom stereocenters. The van der Waals surface area contributed by atoms with Gasteiger partial charge in [-0.15, -0.1) is 0 Å². The van der Waals surface area contributed by atoms with E-state index >= 15 is 0 Å². The fraction of sp³-hybridized carbons (Fsp3) is 0.933. The van der Waals surface area contributed by atoms with Crippen molar-refractivity contribution in [3.05, 3.63) is 0 Å². The van der Waals surface area contributed by atoms with Gasteiger partial charge in [-0.1, -0.05) is 39.0 Å².